The molecule has 102 valence electrons. The second-order valence-electron chi connectivity index (χ2n) is 4.92. The predicted octanol–water partition coefficient (Wildman–Crippen LogP) is 0.992. The number of likely N-dealkylation sites (N-methyl/N-ethyl adjacent to an activating group) is 1. The lowest BCUT2D eigenvalue weighted by Gasteiger charge is -2.21. The molecule has 0 saturated heterocycles. The Hall–Kier alpha value is -0.320. The molecule has 3 N–H and O–H groups in total. The van der Waals surface area contributed by atoms with Crippen LogP contribution in [-0.4, -0.2) is 42.5 Å². The van der Waals surface area contributed by atoms with Crippen LogP contribution in [-0.2, 0) is 4.79 Å². The van der Waals surface area contributed by atoms with Crippen molar-refractivity contribution in [2.24, 2.45) is 11.7 Å². The van der Waals surface area contributed by atoms with Crippen molar-refractivity contribution in [2.75, 3.05) is 19.6 Å². The lowest BCUT2D eigenvalue weighted by atomic mass is 10.1. The predicted molar refractivity (Wildman–Crippen MR) is 73.3 cm³/mol. The van der Waals surface area contributed by atoms with Crippen LogP contribution in [0.2, 0.25) is 0 Å². The maximum atomic E-state index is 11.6. The molecule has 0 radical (unpaired) electrons. The van der Waals surface area contributed by atoms with Crippen molar-refractivity contribution in [2.45, 2.75) is 45.7 Å². The van der Waals surface area contributed by atoms with E-state index in [1.165, 1.54) is 12.8 Å². The number of rotatable bonds is 7. The Morgan fingerprint density at radius 1 is 1.47 bits per heavy atom. The highest BCUT2D eigenvalue weighted by Crippen LogP contribution is 2.25. The smallest absolute Gasteiger partial charge is 0.237 e. The Morgan fingerprint density at radius 2 is 2.06 bits per heavy atom. The van der Waals surface area contributed by atoms with Gasteiger partial charge in [-0.3, -0.25) is 9.69 Å². The zero-order valence-corrected chi connectivity index (χ0v) is 11.9. The highest BCUT2D eigenvalue weighted by Gasteiger charge is 2.27. The summed E-state index contributed by atoms with van der Waals surface area (Å²) < 4.78 is 0. The minimum absolute atomic E-state index is 0. The van der Waals surface area contributed by atoms with E-state index in [9.17, 15) is 4.79 Å². The van der Waals surface area contributed by atoms with Crippen LogP contribution < -0.4 is 11.1 Å². The summed E-state index contributed by atoms with van der Waals surface area (Å²) in [5.74, 6) is 0.174. The number of carbonyl (C=O) groups is 1. The zero-order valence-electron chi connectivity index (χ0n) is 11.1. The van der Waals surface area contributed by atoms with E-state index in [4.69, 9.17) is 5.73 Å². The van der Waals surface area contributed by atoms with Gasteiger partial charge in [0.1, 0.15) is 0 Å². The van der Waals surface area contributed by atoms with E-state index in [-0.39, 0.29) is 30.3 Å². The van der Waals surface area contributed by atoms with Gasteiger partial charge in [-0.2, -0.15) is 0 Å². The molecular weight excluding hydrogens is 238 g/mol. The van der Waals surface area contributed by atoms with Crippen molar-refractivity contribution in [3.05, 3.63) is 0 Å². The molecule has 0 bridgehead atoms. The van der Waals surface area contributed by atoms with E-state index in [0.717, 1.165) is 19.1 Å². The first-order valence-electron chi connectivity index (χ1n) is 6.33. The number of hydrogen-bond donors (Lipinski definition) is 2. The summed E-state index contributed by atoms with van der Waals surface area (Å²) >= 11 is 0. The van der Waals surface area contributed by atoms with Crippen LogP contribution in [0.4, 0.5) is 0 Å². The molecule has 5 heteroatoms. The molecule has 17 heavy (non-hydrogen) atoms. The van der Waals surface area contributed by atoms with Crippen LogP contribution in [0, 0.1) is 5.92 Å². The number of nitrogens with two attached hydrogens (primary N) is 1. The maximum absolute atomic E-state index is 11.6. The van der Waals surface area contributed by atoms with Crippen molar-refractivity contribution in [1.82, 2.24) is 10.2 Å². The first kappa shape index (κ1) is 16.7. The highest BCUT2D eigenvalue weighted by atomic mass is 35.5. The van der Waals surface area contributed by atoms with Crippen molar-refractivity contribution < 1.29 is 4.79 Å². The van der Waals surface area contributed by atoms with Crippen molar-refractivity contribution >= 4 is 18.3 Å². The average Bonchev–Trinajstić information content (AvgIpc) is 3.06. The summed E-state index contributed by atoms with van der Waals surface area (Å²) in [5, 5.41) is 2.91. The topological polar surface area (TPSA) is 58.4 Å². The van der Waals surface area contributed by atoms with Crippen LogP contribution >= 0.6 is 12.4 Å². The normalized spacial score (nSPS) is 16.8. The monoisotopic (exact) mass is 263 g/mol. The van der Waals surface area contributed by atoms with Crippen LogP contribution in [0.3, 0.4) is 0 Å². The molecule has 1 aliphatic carbocycles. The minimum atomic E-state index is -0.379. The van der Waals surface area contributed by atoms with Gasteiger partial charge in [-0.1, -0.05) is 20.8 Å². The van der Waals surface area contributed by atoms with Gasteiger partial charge in [-0.05, 0) is 25.3 Å². The minimum Gasteiger partial charge on any atom is -0.353 e. The Bertz CT molecular complexity index is 232. The van der Waals surface area contributed by atoms with E-state index in [1.54, 1.807) is 0 Å². The molecular formula is C12H26ClN3O. The summed E-state index contributed by atoms with van der Waals surface area (Å²) in [6.45, 7) is 8.82. The highest BCUT2D eigenvalue weighted by molar-refractivity contribution is 5.85. The number of hydrogen-bond acceptors (Lipinski definition) is 3. The lowest BCUT2D eigenvalue weighted by Crippen LogP contribution is -2.46. The van der Waals surface area contributed by atoms with Crippen LogP contribution in [0.25, 0.3) is 0 Å². The second-order valence-corrected chi connectivity index (χ2v) is 4.92. The van der Waals surface area contributed by atoms with E-state index >= 15 is 0 Å². The Balaban J connectivity index is 0.00000256. The third-order valence-electron chi connectivity index (χ3n) is 3.19. The van der Waals surface area contributed by atoms with Gasteiger partial charge in [-0.25, -0.2) is 0 Å². The van der Waals surface area contributed by atoms with E-state index in [1.807, 2.05) is 13.8 Å². The van der Waals surface area contributed by atoms with Crippen molar-refractivity contribution in [3.8, 4) is 0 Å². The maximum Gasteiger partial charge on any atom is 0.237 e. The average molecular weight is 264 g/mol. The standard InChI is InChI=1S/C12H25N3O.ClH/c1-4-15(10-5-6-10)8-7-14-12(16)11(13)9(2)3;/h9-11H,4-8,13H2,1-3H3,(H,14,16);1H/t11-;/m0./s1. The third-order valence-corrected chi connectivity index (χ3v) is 3.19. The molecule has 1 atom stereocenters. The van der Waals surface area contributed by atoms with Gasteiger partial charge < -0.3 is 11.1 Å². The summed E-state index contributed by atoms with van der Waals surface area (Å²) in [7, 11) is 0. The molecule has 0 aromatic heterocycles. The number of carbonyl (C=O) groups excluding carboxylic acids is 1. The number of amides is 1. The fourth-order valence-electron chi connectivity index (χ4n) is 1.78. The van der Waals surface area contributed by atoms with Crippen LogP contribution in [0.1, 0.15) is 33.6 Å². The molecule has 0 heterocycles. The SMILES string of the molecule is CCN(CCNC(=O)[C@@H](N)C(C)C)C1CC1.Cl. The van der Waals surface area contributed by atoms with Gasteiger partial charge in [0.15, 0.2) is 0 Å². The van der Waals surface area contributed by atoms with E-state index in [2.05, 4.69) is 17.1 Å². The molecule has 0 unspecified atom stereocenters. The van der Waals surface area contributed by atoms with Crippen LogP contribution in [0.5, 0.6) is 0 Å². The van der Waals surface area contributed by atoms with Gasteiger partial charge in [0.25, 0.3) is 0 Å². The summed E-state index contributed by atoms with van der Waals surface area (Å²) in [5.41, 5.74) is 5.76. The molecule has 1 amide bonds. The molecule has 0 spiro atoms. The molecule has 0 aliphatic heterocycles. The molecule has 1 rings (SSSR count). The zero-order chi connectivity index (χ0) is 12.1. The van der Waals surface area contributed by atoms with Gasteiger partial charge in [0.2, 0.25) is 5.91 Å². The number of halogens is 1. The van der Waals surface area contributed by atoms with Crippen LogP contribution in [0.15, 0.2) is 0 Å². The number of nitrogens with one attached hydrogen (secondary N) is 1. The fraction of sp³-hybridized carbons (Fsp3) is 0.917. The third kappa shape index (κ3) is 5.70. The summed E-state index contributed by atoms with van der Waals surface area (Å²) in [6, 6.07) is 0.386. The lowest BCUT2D eigenvalue weighted by molar-refractivity contribution is -0.123. The molecule has 4 nitrogen and oxygen atoms in total. The summed E-state index contributed by atoms with van der Waals surface area (Å²) in [4.78, 5) is 14.0. The fourth-order valence-corrected chi connectivity index (χ4v) is 1.78. The van der Waals surface area contributed by atoms with E-state index in [0.29, 0.717) is 6.54 Å². The quantitative estimate of drug-likeness (QED) is 0.720. The number of nitrogens with zero attached hydrogens (tertiary/aromatic N) is 1. The van der Waals surface area contributed by atoms with Gasteiger partial charge in [0.05, 0.1) is 6.04 Å². The molecule has 1 saturated carbocycles. The van der Waals surface area contributed by atoms with Crippen molar-refractivity contribution in [3.63, 3.8) is 0 Å². The molecule has 0 aromatic carbocycles. The van der Waals surface area contributed by atoms with Gasteiger partial charge in [0, 0.05) is 19.1 Å². The summed E-state index contributed by atoms with van der Waals surface area (Å²) in [6.07, 6.45) is 2.63. The van der Waals surface area contributed by atoms with E-state index < -0.39 is 0 Å². The van der Waals surface area contributed by atoms with Gasteiger partial charge >= 0.3 is 0 Å². The Kier molecular flexibility index (Phi) is 7.75. The second kappa shape index (κ2) is 7.90. The molecule has 1 aliphatic rings. The molecule has 1 fully saturated rings. The van der Waals surface area contributed by atoms with Gasteiger partial charge in [-0.15, -0.1) is 12.4 Å². The largest absolute Gasteiger partial charge is 0.353 e. The Morgan fingerprint density at radius 3 is 2.47 bits per heavy atom. The first-order valence-corrected chi connectivity index (χ1v) is 6.33. The molecule has 0 aromatic rings. The Labute approximate surface area is 111 Å². The first-order chi connectivity index (χ1) is 7.56. The van der Waals surface area contributed by atoms with Crippen molar-refractivity contribution in [1.29, 1.82) is 0 Å².